The topological polar surface area (TPSA) is 54.4 Å². The van der Waals surface area contributed by atoms with Gasteiger partial charge in [0.05, 0.1) is 0 Å². The molecule has 0 saturated carbocycles. The number of ketones is 1. The van der Waals surface area contributed by atoms with E-state index in [4.69, 9.17) is 5.11 Å². The summed E-state index contributed by atoms with van der Waals surface area (Å²) in [6.07, 6.45) is 4.40. The molecule has 98 valence electrons. The van der Waals surface area contributed by atoms with E-state index in [9.17, 15) is 18.4 Å². The fourth-order valence-corrected chi connectivity index (χ4v) is 1.91. The van der Waals surface area contributed by atoms with E-state index in [0.717, 1.165) is 12.1 Å². The molecule has 5 heteroatoms. The van der Waals surface area contributed by atoms with Gasteiger partial charge in [0.15, 0.2) is 17.4 Å². The summed E-state index contributed by atoms with van der Waals surface area (Å²) in [6, 6.07) is 3.36. The molecular weight excluding hydrogens is 254 g/mol. The highest BCUT2D eigenvalue weighted by Crippen LogP contribution is 2.20. The van der Waals surface area contributed by atoms with Crippen LogP contribution in [0.5, 0.6) is 0 Å². The third kappa shape index (κ3) is 2.76. The van der Waals surface area contributed by atoms with E-state index < -0.39 is 29.3 Å². The van der Waals surface area contributed by atoms with Crippen molar-refractivity contribution < 1.29 is 23.5 Å². The van der Waals surface area contributed by atoms with Crippen molar-refractivity contribution in [3.63, 3.8) is 0 Å². The number of carboxylic acids is 1. The molecule has 0 saturated heterocycles. The first-order valence-corrected chi connectivity index (χ1v) is 5.59. The number of allylic oxidation sites excluding steroid dienone is 3. The number of rotatable bonds is 3. The summed E-state index contributed by atoms with van der Waals surface area (Å²) in [5.74, 6) is -4.43. The average Bonchev–Trinajstić information content (AvgIpc) is 2.36. The quantitative estimate of drug-likeness (QED) is 0.852. The molecule has 1 N–H and O–H groups in total. The highest BCUT2D eigenvalue weighted by molar-refractivity contribution is 6.18. The van der Waals surface area contributed by atoms with Gasteiger partial charge in [0.25, 0.3) is 0 Å². The second kappa shape index (κ2) is 5.14. The van der Waals surface area contributed by atoms with Crippen LogP contribution in [0, 0.1) is 17.6 Å². The van der Waals surface area contributed by atoms with Gasteiger partial charge in [-0.1, -0.05) is 18.2 Å². The molecule has 2 rings (SSSR count). The highest BCUT2D eigenvalue weighted by Gasteiger charge is 2.26. The minimum Gasteiger partial charge on any atom is -0.478 e. The van der Waals surface area contributed by atoms with E-state index in [1.54, 1.807) is 6.08 Å². The summed E-state index contributed by atoms with van der Waals surface area (Å²) in [7, 11) is 0. The molecule has 0 bridgehead atoms. The number of hydrogen-bond donors (Lipinski definition) is 1. The third-order valence-corrected chi connectivity index (χ3v) is 2.88. The summed E-state index contributed by atoms with van der Waals surface area (Å²) < 4.78 is 25.8. The predicted octanol–water partition coefficient (Wildman–Crippen LogP) is 2.27. The minimum absolute atomic E-state index is 0.136. The van der Waals surface area contributed by atoms with E-state index in [1.165, 1.54) is 18.2 Å². The SMILES string of the molecule is O=C(O)C1=CC=CC(Cc2ccc(F)c(F)c2)C1=O. The van der Waals surface area contributed by atoms with Gasteiger partial charge < -0.3 is 5.11 Å². The van der Waals surface area contributed by atoms with E-state index in [2.05, 4.69) is 0 Å². The first-order valence-electron chi connectivity index (χ1n) is 5.59. The molecule has 1 atom stereocenters. The maximum Gasteiger partial charge on any atom is 0.339 e. The van der Waals surface area contributed by atoms with E-state index in [1.807, 2.05) is 0 Å². The van der Waals surface area contributed by atoms with Gasteiger partial charge >= 0.3 is 5.97 Å². The van der Waals surface area contributed by atoms with Crippen LogP contribution in [0.4, 0.5) is 8.78 Å². The van der Waals surface area contributed by atoms with Crippen molar-refractivity contribution >= 4 is 11.8 Å². The fourth-order valence-electron chi connectivity index (χ4n) is 1.91. The molecule has 0 amide bonds. The molecule has 1 aromatic carbocycles. The molecule has 1 aliphatic rings. The van der Waals surface area contributed by atoms with Crippen molar-refractivity contribution in [3.8, 4) is 0 Å². The van der Waals surface area contributed by atoms with Crippen molar-refractivity contribution in [1.82, 2.24) is 0 Å². The lowest BCUT2D eigenvalue weighted by Crippen LogP contribution is -2.23. The Balaban J connectivity index is 2.18. The number of benzene rings is 1. The zero-order valence-corrected chi connectivity index (χ0v) is 9.77. The summed E-state index contributed by atoms with van der Waals surface area (Å²) in [6.45, 7) is 0. The molecule has 0 heterocycles. The Morgan fingerprint density at radius 2 is 2.00 bits per heavy atom. The van der Waals surface area contributed by atoms with Crippen LogP contribution in [0.1, 0.15) is 5.56 Å². The highest BCUT2D eigenvalue weighted by atomic mass is 19.2. The van der Waals surface area contributed by atoms with Crippen LogP contribution in [-0.4, -0.2) is 16.9 Å². The summed E-state index contributed by atoms with van der Waals surface area (Å²) in [5, 5.41) is 8.84. The Kier molecular flexibility index (Phi) is 3.55. The molecule has 0 spiro atoms. The molecule has 0 fully saturated rings. The molecule has 1 unspecified atom stereocenters. The Hall–Kier alpha value is -2.30. The van der Waals surface area contributed by atoms with E-state index >= 15 is 0 Å². The first kappa shape index (κ1) is 13.1. The lowest BCUT2D eigenvalue weighted by molar-refractivity contribution is -0.135. The molecule has 0 aliphatic heterocycles. The number of hydrogen-bond acceptors (Lipinski definition) is 2. The van der Waals surface area contributed by atoms with Crippen LogP contribution in [0.3, 0.4) is 0 Å². The van der Waals surface area contributed by atoms with Crippen LogP contribution >= 0.6 is 0 Å². The van der Waals surface area contributed by atoms with Crippen molar-refractivity contribution in [3.05, 3.63) is 59.2 Å². The third-order valence-electron chi connectivity index (χ3n) is 2.88. The number of carbonyl (C=O) groups excluding carboxylic acids is 1. The van der Waals surface area contributed by atoms with Gasteiger partial charge in [0, 0.05) is 5.92 Å². The van der Waals surface area contributed by atoms with Crippen molar-refractivity contribution in [2.45, 2.75) is 6.42 Å². The van der Waals surface area contributed by atoms with Crippen LogP contribution in [-0.2, 0) is 16.0 Å². The Morgan fingerprint density at radius 1 is 1.26 bits per heavy atom. The van der Waals surface area contributed by atoms with Gasteiger partial charge in [-0.05, 0) is 30.2 Å². The van der Waals surface area contributed by atoms with Crippen molar-refractivity contribution in [2.75, 3.05) is 0 Å². The Morgan fingerprint density at radius 3 is 2.63 bits per heavy atom. The number of carbonyl (C=O) groups is 2. The molecule has 0 radical (unpaired) electrons. The fraction of sp³-hybridized carbons (Fsp3) is 0.143. The zero-order chi connectivity index (χ0) is 14.0. The number of carboxylic acid groups (broad SMARTS) is 1. The van der Waals surface area contributed by atoms with Gasteiger partial charge in [-0.2, -0.15) is 0 Å². The summed E-state index contributed by atoms with van der Waals surface area (Å²) in [4.78, 5) is 22.7. The van der Waals surface area contributed by atoms with Crippen LogP contribution in [0.2, 0.25) is 0 Å². The monoisotopic (exact) mass is 264 g/mol. The van der Waals surface area contributed by atoms with Gasteiger partial charge in [-0.15, -0.1) is 0 Å². The average molecular weight is 264 g/mol. The second-order valence-electron chi connectivity index (χ2n) is 4.19. The molecule has 19 heavy (non-hydrogen) atoms. The number of Topliss-reactive ketones (excluding diaryl/α,β-unsaturated/α-hetero) is 1. The standard InChI is InChI=1S/C14H10F2O3/c15-11-5-4-8(7-12(11)16)6-9-2-1-3-10(13(9)17)14(18)19/h1-5,7,9H,6H2,(H,18,19). The maximum atomic E-state index is 13.1. The van der Waals surface area contributed by atoms with Gasteiger partial charge in [0.1, 0.15) is 5.57 Å². The predicted molar refractivity (Wildman–Crippen MR) is 63.4 cm³/mol. The first-order chi connectivity index (χ1) is 8.99. The lowest BCUT2D eigenvalue weighted by atomic mass is 9.87. The number of aliphatic carboxylic acids is 1. The normalized spacial score (nSPS) is 18.3. The number of halogens is 2. The lowest BCUT2D eigenvalue weighted by Gasteiger charge is -2.15. The smallest absolute Gasteiger partial charge is 0.339 e. The van der Waals surface area contributed by atoms with Crippen LogP contribution < -0.4 is 0 Å². The molecule has 1 aliphatic carbocycles. The van der Waals surface area contributed by atoms with Crippen LogP contribution in [0.25, 0.3) is 0 Å². The van der Waals surface area contributed by atoms with Gasteiger partial charge in [0.2, 0.25) is 0 Å². The minimum atomic E-state index is -1.29. The summed E-state index contributed by atoms with van der Waals surface area (Å²) in [5.41, 5.74) is 0.142. The largest absolute Gasteiger partial charge is 0.478 e. The van der Waals surface area contributed by atoms with E-state index in [0.29, 0.717) is 5.56 Å². The van der Waals surface area contributed by atoms with Gasteiger partial charge in [-0.3, -0.25) is 4.79 Å². The van der Waals surface area contributed by atoms with Crippen molar-refractivity contribution in [2.24, 2.45) is 5.92 Å². The van der Waals surface area contributed by atoms with Crippen molar-refractivity contribution in [1.29, 1.82) is 0 Å². The molecule has 3 nitrogen and oxygen atoms in total. The summed E-state index contributed by atoms with van der Waals surface area (Å²) >= 11 is 0. The Bertz CT molecular complexity index is 603. The molecule has 0 aromatic heterocycles. The van der Waals surface area contributed by atoms with Crippen LogP contribution in [0.15, 0.2) is 42.0 Å². The molecule has 1 aromatic rings. The van der Waals surface area contributed by atoms with Gasteiger partial charge in [-0.25, -0.2) is 13.6 Å². The Labute approximate surface area is 107 Å². The zero-order valence-electron chi connectivity index (χ0n) is 9.77. The van der Waals surface area contributed by atoms with E-state index in [-0.39, 0.29) is 12.0 Å². The molecular formula is C14H10F2O3. The second-order valence-corrected chi connectivity index (χ2v) is 4.19. The maximum absolute atomic E-state index is 13.1.